The molecule has 3 aliphatic rings. The fraction of sp³-hybridized carbons (Fsp3) is 0.618. The summed E-state index contributed by atoms with van der Waals surface area (Å²) in [5, 5.41) is 30.8. The zero-order valence-corrected chi connectivity index (χ0v) is 31.5. The molecule has 1 fully saturated rings. The average molecular weight is 710 g/mol. The molecular formula is C34H46B2F2N4O7Si. The Bertz CT molecular complexity index is 1800. The molecule has 0 aliphatic heterocycles. The van der Waals surface area contributed by atoms with E-state index in [4.69, 9.17) is 28.9 Å². The molecule has 0 unspecified atom stereocenters. The van der Waals surface area contributed by atoms with Gasteiger partial charge in [-0.05, 0) is 0 Å². The number of aliphatic hydroxyl groups is 1. The molecule has 3 N–H and O–H groups in total. The monoisotopic (exact) mass is 710 g/mol. The Morgan fingerprint density at radius 2 is 1.68 bits per heavy atom. The fourth-order valence-corrected chi connectivity index (χ4v) is 9.02. The molecule has 5 rings (SSSR count). The summed E-state index contributed by atoms with van der Waals surface area (Å²) < 4.78 is 55.5. The predicted octanol–water partition coefficient (Wildman–Crippen LogP) is 7.13. The minimum absolute atomic E-state index is 0.0594. The van der Waals surface area contributed by atoms with E-state index in [1.165, 1.54) is 0 Å². The molecule has 0 spiro atoms. The molecule has 0 bridgehead atoms. The number of carbonyl (C=O) groups is 2. The van der Waals surface area contributed by atoms with Gasteiger partial charge in [-0.3, -0.25) is 0 Å². The van der Waals surface area contributed by atoms with E-state index in [2.05, 4.69) is 5.16 Å². The molecule has 2 aromatic rings. The van der Waals surface area contributed by atoms with Crippen LogP contribution in [0, 0.1) is 39.5 Å². The number of hydrogen-bond donors (Lipinski definition) is 3. The Kier molecular flexibility index (Phi) is 9.85. The van der Waals surface area contributed by atoms with Crippen LogP contribution in [0.4, 0.5) is 8.78 Å². The predicted molar refractivity (Wildman–Crippen MR) is 185 cm³/mol. The molecule has 11 nitrogen and oxygen atoms in total. The van der Waals surface area contributed by atoms with Crippen molar-refractivity contribution in [2.24, 2.45) is 17.3 Å². The molecule has 50 heavy (non-hydrogen) atoms. The van der Waals surface area contributed by atoms with Gasteiger partial charge in [0.15, 0.2) is 0 Å². The van der Waals surface area contributed by atoms with E-state index in [1.54, 1.807) is 19.0 Å². The van der Waals surface area contributed by atoms with Crippen molar-refractivity contribution >= 4 is 40.2 Å². The topological polar surface area (TPSA) is 159 Å². The van der Waals surface area contributed by atoms with Crippen LogP contribution in [-0.4, -0.2) is 69.3 Å². The van der Waals surface area contributed by atoms with Gasteiger partial charge in [0.2, 0.25) is 0 Å². The number of nitrogens with one attached hydrogen (secondary N) is 2. The van der Waals surface area contributed by atoms with Crippen molar-refractivity contribution in [2.45, 2.75) is 103 Å². The SMILES string of the molecule is CN(C)[C@@H]1c2onc(OB=N)c2C(=O)[C@@]2(O[Si](C)(C)C(C)(C)C)C(=O)C3=C(O)c4c(c(F)c(F)c(CCCC(C)(C)C)c4OB=N)C[C@H]3C[C@@H]12. The van der Waals surface area contributed by atoms with E-state index in [-0.39, 0.29) is 69.9 Å². The van der Waals surface area contributed by atoms with E-state index >= 15 is 13.6 Å². The molecule has 0 saturated heterocycles. The van der Waals surface area contributed by atoms with Crippen molar-refractivity contribution in [3.8, 4) is 11.6 Å². The summed E-state index contributed by atoms with van der Waals surface area (Å²) in [6.07, 6.45) is 1.10. The van der Waals surface area contributed by atoms with Gasteiger partial charge in [-0.1, -0.05) is 0 Å². The van der Waals surface area contributed by atoms with Gasteiger partial charge in [0, 0.05) is 0 Å². The third-order valence-electron chi connectivity index (χ3n) is 10.9. The van der Waals surface area contributed by atoms with Crippen LogP contribution < -0.4 is 9.31 Å². The molecule has 4 atom stereocenters. The van der Waals surface area contributed by atoms with Crippen LogP contribution in [0.2, 0.25) is 18.1 Å². The maximum atomic E-state index is 16.1. The maximum absolute atomic E-state index is 16.1. The Balaban J connectivity index is 1.80. The van der Waals surface area contributed by atoms with Gasteiger partial charge in [-0.2, -0.15) is 0 Å². The van der Waals surface area contributed by atoms with Crippen LogP contribution in [0.3, 0.4) is 0 Å². The molecule has 268 valence electrons. The first kappa shape index (κ1) is 37.9. The van der Waals surface area contributed by atoms with Crippen molar-refractivity contribution < 1.29 is 41.7 Å². The molecule has 0 amide bonds. The Morgan fingerprint density at radius 1 is 1.04 bits per heavy atom. The zero-order valence-electron chi connectivity index (χ0n) is 30.5. The Morgan fingerprint density at radius 3 is 2.24 bits per heavy atom. The van der Waals surface area contributed by atoms with Crippen molar-refractivity contribution in [2.75, 3.05) is 14.1 Å². The number of fused-ring (bicyclic) bond motifs is 4. The van der Waals surface area contributed by atoms with Crippen LogP contribution in [0.1, 0.15) is 99.7 Å². The molecule has 16 heteroatoms. The third-order valence-corrected chi connectivity index (χ3v) is 15.3. The van der Waals surface area contributed by atoms with Gasteiger partial charge < -0.3 is 0 Å². The van der Waals surface area contributed by atoms with Crippen LogP contribution in [0.5, 0.6) is 11.6 Å². The average Bonchev–Trinajstić information content (AvgIpc) is 3.40. The third kappa shape index (κ3) is 5.94. The number of aliphatic hydroxyl groups excluding tert-OH is 1. The number of halogens is 2. The summed E-state index contributed by atoms with van der Waals surface area (Å²) in [5.74, 6) is -6.57. The first-order valence-corrected chi connectivity index (χ1v) is 19.8. The van der Waals surface area contributed by atoms with Crippen LogP contribution in [0.15, 0.2) is 10.1 Å². The summed E-state index contributed by atoms with van der Waals surface area (Å²) in [6, 6.07) is -0.763. The van der Waals surface area contributed by atoms with E-state index in [0.717, 1.165) is 0 Å². The number of rotatable bonds is 10. The first-order valence-electron chi connectivity index (χ1n) is 16.9. The van der Waals surface area contributed by atoms with E-state index in [0.29, 0.717) is 27.4 Å². The van der Waals surface area contributed by atoms with Crippen LogP contribution in [0.25, 0.3) is 5.76 Å². The summed E-state index contributed by atoms with van der Waals surface area (Å²) in [7, 11) is 1.70. The molecular weight excluding hydrogens is 664 g/mol. The van der Waals surface area contributed by atoms with Crippen molar-refractivity contribution in [3.05, 3.63) is 45.2 Å². The van der Waals surface area contributed by atoms with E-state index in [9.17, 15) is 9.90 Å². The van der Waals surface area contributed by atoms with E-state index in [1.807, 2.05) is 54.6 Å². The van der Waals surface area contributed by atoms with Gasteiger partial charge >= 0.3 is 294 Å². The second-order valence-corrected chi connectivity index (χ2v) is 21.3. The van der Waals surface area contributed by atoms with Gasteiger partial charge in [-0.25, -0.2) is 0 Å². The van der Waals surface area contributed by atoms with Crippen LogP contribution in [-0.2, 0) is 22.1 Å². The fourth-order valence-electron chi connectivity index (χ4n) is 7.57. The molecule has 0 radical (unpaired) electrons. The van der Waals surface area contributed by atoms with Crippen molar-refractivity contribution in [3.63, 3.8) is 0 Å². The second kappa shape index (κ2) is 13.0. The van der Waals surface area contributed by atoms with E-state index < -0.39 is 65.8 Å². The number of carbonyl (C=O) groups excluding carboxylic acids is 2. The molecule has 1 aromatic carbocycles. The Hall–Kier alpha value is -3.36. The number of aromatic nitrogens is 1. The second-order valence-electron chi connectivity index (χ2n) is 16.6. The van der Waals surface area contributed by atoms with Crippen molar-refractivity contribution in [1.29, 1.82) is 10.6 Å². The quantitative estimate of drug-likeness (QED) is 0.172. The summed E-state index contributed by atoms with van der Waals surface area (Å²) in [4.78, 5) is 32.1. The van der Waals surface area contributed by atoms with Gasteiger partial charge in [-0.15, -0.1) is 0 Å². The molecule has 1 saturated carbocycles. The zero-order chi connectivity index (χ0) is 37.3. The van der Waals surface area contributed by atoms with Gasteiger partial charge in [0.1, 0.15) is 0 Å². The standard InChI is InChI=1S/C34H46B2F2N4O7Si/c1-32(2,3)13-11-12-17-23(37)24(38)18-14-16-15-19-25(42(7)8)28-22(31(41-48-28)47-36-40)30(45)34(19,49-50(9,10)33(4,5)6)29(44)20(16)26(43)21(18)27(17)46-35-39/h16,19,25,39-40,43H,11-15H2,1-10H3/t16-,19-,25-,34-/m0/s1. The van der Waals surface area contributed by atoms with Crippen LogP contribution >= 0.6 is 0 Å². The number of Topliss-reactive ketones (excluding diaryl/α,β-unsaturated/α-hetero) is 2. The summed E-state index contributed by atoms with van der Waals surface area (Å²) in [6.45, 7) is 15.8. The van der Waals surface area contributed by atoms with Gasteiger partial charge in [0.05, 0.1) is 0 Å². The molecule has 1 aromatic heterocycles. The Labute approximate surface area is 293 Å². The normalized spacial score (nSPS) is 23.5. The number of nitrogens with zero attached hydrogens (tertiary/aromatic N) is 2. The number of ketones is 2. The minimum atomic E-state index is -2.99. The first-order chi connectivity index (χ1) is 23.1. The summed E-state index contributed by atoms with van der Waals surface area (Å²) >= 11 is 0. The van der Waals surface area contributed by atoms with Crippen molar-refractivity contribution in [1.82, 2.24) is 10.1 Å². The molecule has 3 aliphatic carbocycles. The molecule has 1 heterocycles. The van der Waals surface area contributed by atoms with Gasteiger partial charge in [0.25, 0.3) is 0 Å². The summed E-state index contributed by atoms with van der Waals surface area (Å²) in [5.41, 5.74) is -3.06. The number of hydrogen-bond acceptors (Lipinski definition) is 11. The number of benzene rings is 1.